The molecule has 39 heavy (non-hydrogen) atoms. The highest BCUT2D eigenvalue weighted by molar-refractivity contribution is 6.10. The van der Waals surface area contributed by atoms with Gasteiger partial charge in [-0.3, -0.25) is 14.4 Å². The average Bonchev–Trinajstić information content (AvgIpc) is 3.60. The van der Waals surface area contributed by atoms with Gasteiger partial charge in [0, 0.05) is 43.8 Å². The average molecular weight is 533 g/mol. The number of hydrogen-bond acceptors (Lipinski definition) is 6. The second kappa shape index (κ2) is 9.55. The molecule has 202 valence electrons. The maximum Gasteiger partial charge on any atom is 0.270 e. The topological polar surface area (TPSA) is 93.8 Å². The lowest BCUT2D eigenvalue weighted by atomic mass is 9.95. The van der Waals surface area contributed by atoms with E-state index in [1.807, 2.05) is 30.8 Å². The van der Waals surface area contributed by atoms with Crippen LogP contribution in [0.1, 0.15) is 60.5 Å². The van der Waals surface area contributed by atoms with E-state index < -0.39 is 5.92 Å². The number of amides is 1. The summed E-state index contributed by atoms with van der Waals surface area (Å²) in [4.78, 5) is 19.8. The van der Waals surface area contributed by atoms with Crippen molar-refractivity contribution in [1.82, 2.24) is 29.5 Å². The van der Waals surface area contributed by atoms with Gasteiger partial charge in [0.2, 0.25) is 0 Å². The predicted molar refractivity (Wildman–Crippen MR) is 143 cm³/mol. The molecule has 9 nitrogen and oxygen atoms in total. The van der Waals surface area contributed by atoms with Gasteiger partial charge in [0.25, 0.3) is 11.8 Å². The van der Waals surface area contributed by atoms with Gasteiger partial charge in [0.05, 0.1) is 24.0 Å². The highest BCUT2D eigenvalue weighted by Gasteiger charge is 2.37. The second-order valence-electron chi connectivity index (χ2n) is 10.5. The van der Waals surface area contributed by atoms with Crippen LogP contribution >= 0.6 is 0 Å². The largest absolute Gasteiger partial charge is 0.367 e. The van der Waals surface area contributed by atoms with Crippen molar-refractivity contribution in [3.05, 3.63) is 59.5 Å². The first-order valence-electron chi connectivity index (χ1n) is 13.2. The van der Waals surface area contributed by atoms with Gasteiger partial charge in [0.1, 0.15) is 18.0 Å². The molecule has 1 N–H and O–H groups in total. The number of nitrogens with one attached hydrogen (secondary N) is 1. The molecule has 4 aromatic rings. The molecule has 1 aliphatic heterocycles. The lowest BCUT2D eigenvalue weighted by Gasteiger charge is -2.25. The quantitative estimate of drug-likeness (QED) is 0.363. The first-order chi connectivity index (χ1) is 18.7. The summed E-state index contributed by atoms with van der Waals surface area (Å²) in [6.45, 7) is 0.881. The van der Waals surface area contributed by atoms with Gasteiger partial charge >= 0.3 is 0 Å². The number of fused-ring (bicyclic) bond motifs is 1. The number of alkyl halides is 2. The Morgan fingerprint density at radius 1 is 1.08 bits per heavy atom. The summed E-state index contributed by atoms with van der Waals surface area (Å²) in [5.41, 5.74) is 2.83. The van der Waals surface area contributed by atoms with Gasteiger partial charge in [-0.05, 0) is 36.6 Å². The van der Waals surface area contributed by atoms with E-state index in [0.717, 1.165) is 49.4 Å². The first kappa shape index (κ1) is 25.1. The molecule has 0 spiro atoms. The Balaban J connectivity index is 1.46. The highest BCUT2D eigenvalue weighted by atomic mass is 19.3. The van der Waals surface area contributed by atoms with Crippen LogP contribution in [0, 0.1) is 0 Å². The van der Waals surface area contributed by atoms with E-state index in [2.05, 4.69) is 20.6 Å². The Bertz CT molecular complexity index is 1550. The molecule has 1 amide bonds. The van der Waals surface area contributed by atoms with Crippen molar-refractivity contribution in [2.45, 2.75) is 57.5 Å². The van der Waals surface area contributed by atoms with E-state index in [1.54, 1.807) is 23.3 Å². The van der Waals surface area contributed by atoms with Crippen LogP contribution in [0.5, 0.6) is 0 Å². The van der Waals surface area contributed by atoms with Crippen molar-refractivity contribution in [2.24, 2.45) is 14.1 Å². The third-order valence-electron chi connectivity index (χ3n) is 7.65. The molecule has 1 aliphatic carbocycles. The van der Waals surface area contributed by atoms with E-state index in [0.29, 0.717) is 23.0 Å². The molecule has 1 saturated carbocycles. The van der Waals surface area contributed by atoms with Gasteiger partial charge in [-0.25, -0.2) is 13.8 Å². The Kier molecular flexibility index (Phi) is 6.16. The zero-order valence-corrected chi connectivity index (χ0v) is 22.2. The Morgan fingerprint density at radius 3 is 2.59 bits per heavy atom. The molecule has 2 aliphatic rings. The van der Waals surface area contributed by atoms with Gasteiger partial charge < -0.3 is 9.88 Å². The minimum atomic E-state index is -3.07. The van der Waals surface area contributed by atoms with Crippen LogP contribution < -0.4 is 10.2 Å². The molecule has 0 radical (unpaired) electrons. The van der Waals surface area contributed by atoms with Crippen LogP contribution in [0.3, 0.4) is 0 Å². The lowest BCUT2D eigenvalue weighted by molar-refractivity contribution is 0.0166. The van der Waals surface area contributed by atoms with Crippen molar-refractivity contribution in [3.63, 3.8) is 0 Å². The van der Waals surface area contributed by atoms with E-state index in [9.17, 15) is 13.6 Å². The summed E-state index contributed by atoms with van der Waals surface area (Å²) in [7, 11) is 3.71. The summed E-state index contributed by atoms with van der Waals surface area (Å²) in [6.07, 6.45) is 8.96. The molecule has 11 heteroatoms. The number of carbonyl (C=O) groups is 1. The van der Waals surface area contributed by atoms with Crippen molar-refractivity contribution in [1.29, 1.82) is 0 Å². The van der Waals surface area contributed by atoms with Gasteiger partial charge in [0.15, 0.2) is 5.82 Å². The first-order valence-corrected chi connectivity index (χ1v) is 13.2. The number of pyridine rings is 1. The van der Waals surface area contributed by atoms with Crippen LogP contribution in [0.25, 0.3) is 22.6 Å². The van der Waals surface area contributed by atoms with Crippen LogP contribution in [-0.4, -0.2) is 41.5 Å². The summed E-state index contributed by atoms with van der Waals surface area (Å²) < 4.78 is 32.4. The molecule has 0 unspecified atom stereocenters. The lowest BCUT2D eigenvalue weighted by Crippen LogP contribution is -2.26. The van der Waals surface area contributed by atoms with Gasteiger partial charge in [-0.2, -0.15) is 5.10 Å². The second-order valence-corrected chi connectivity index (χ2v) is 10.5. The molecule has 6 rings (SSSR count). The number of nitrogens with zero attached hydrogens (tertiary/aromatic N) is 7. The number of hydrogen-bond donors (Lipinski definition) is 1. The van der Waals surface area contributed by atoms with E-state index in [1.165, 1.54) is 23.5 Å². The monoisotopic (exact) mass is 532 g/mol. The SMILES string of the molecule is Cn1cnnc1-c1cnn(C)c1-c1cc(NC2CCCCC2)nc(N2Cc3c(cccc3C(C)(F)F)C2=O)c1. The molecular weight excluding hydrogens is 502 g/mol. The standard InChI is InChI=1S/C28H30F2N8O/c1-28(29,30)22-11-7-10-19-21(22)15-38(27(19)39)24-13-17(12-23(34-24)33-18-8-5-4-6-9-18)25-20(14-32-37(25)3)26-35-31-16-36(26)2/h7,10-14,16,18H,4-6,8-9,15H2,1-3H3,(H,33,34). The fraction of sp³-hybridized carbons (Fsp3) is 0.393. The predicted octanol–water partition coefficient (Wildman–Crippen LogP) is 5.29. The summed E-state index contributed by atoms with van der Waals surface area (Å²) in [5, 5.41) is 16.3. The number of anilines is 2. The molecule has 3 aromatic heterocycles. The fourth-order valence-corrected chi connectivity index (χ4v) is 5.72. The Hall–Kier alpha value is -4.15. The van der Waals surface area contributed by atoms with Crippen molar-refractivity contribution in [3.8, 4) is 22.6 Å². The Labute approximate surface area is 224 Å². The zero-order chi connectivity index (χ0) is 27.3. The Morgan fingerprint density at radius 2 is 1.87 bits per heavy atom. The smallest absolute Gasteiger partial charge is 0.270 e. The maximum atomic E-state index is 14.4. The van der Waals surface area contributed by atoms with Crippen LogP contribution in [0.4, 0.5) is 20.4 Å². The maximum absolute atomic E-state index is 14.4. The molecule has 0 bridgehead atoms. The van der Waals surface area contributed by atoms with Crippen LogP contribution in [0.15, 0.2) is 42.9 Å². The van der Waals surface area contributed by atoms with Gasteiger partial charge in [-0.1, -0.05) is 31.4 Å². The number of carbonyl (C=O) groups excluding carboxylic acids is 1. The molecule has 0 atom stereocenters. The summed E-state index contributed by atoms with van der Waals surface area (Å²) >= 11 is 0. The number of aryl methyl sites for hydroxylation is 2. The number of halogens is 2. The normalized spacial score (nSPS) is 16.1. The number of benzene rings is 1. The van der Waals surface area contributed by atoms with Crippen molar-refractivity contribution >= 4 is 17.5 Å². The van der Waals surface area contributed by atoms with Crippen LogP contribution in [-0.2, 0) is 26.6 Å². The minimum Gasteiger partial charge on any atom is -0.367 e. The minimum absolute atomic E-state index is 0.0224. The van der Waals surface area contributed by atoms with Crippen LogP contribution in [0.2, 0.25) is 0 Å². The molecule has 1 aromatic carbocycles. The zero-order valence-electron chi connectivity index (χ0n) is 22.2. The van der Waals surface area contributed by atoms with Crippen molar-refractivity contribution < 1.29 is 13.6 Å². The molecule has 1 fully saturated rings. The highest BCUT2D eigenvalue weighted by Crippen LogP contribution is 2.39. The molecule has 0 saturated heterocycles. The molecular formula is C28H30F2N8O. The third-order valence-corrected chi connectivity index (χ3v) is 7.65. The van der Waals surface area contributed by atoms with E-state index in [-0.39, 0.29) is 29.6 Å². The van der Waals surface area contributed by atoms with Gasteiger partial charge in [-0.15, -0.1) is 10.2 Å². The van der Waals surface area contributed by atoms with E-state index >= 15 is 0 Å². The van der Waals surface area contributed by atoms with E-state index in [4.69, 9.17) is 4.98 Å². The van der Waals surface area contributed by atoms with Crippen molar-refractivity contribution in [2.75, 3.05) is 10.2 Å². The summed E-state index contributed by atoms with van der Waals surface area (Å²) in [5.74, 6) is -1.74. The molecule has 4 heterocycles. The third kappa shape index (κ3) is 4.55. The fourth-order valence-electron chi connectivity index (χ4n) is 5.72. The summed E-state index contributed by atoms with van der Waals surface area (Å²) in [6, 6.07) is 8.54. The number of aromatic nitrogens is 6. The number of rotatable bonds is 6.